The van der Waals surface area contributed by atoms with Crippen molar-refractivity contribution in [2.75, 3.05) is 14.2 Å². The number of piperidine rings is 2. The van der Waals surface area contributed by atoms with Gasteiger partial charge in [0.15, 0.2) is 0 Å². The van der Waals surface area contributed by atoms with Crippen molar-refractivity contribution in [1.82, 2.24) is 20.9 Å². The van der Waals surface area contributed by atoms with Crippen LogP contribution in [0.1, 0.15) is 106 Å². The first-order valence-corrected chi connectivity index (χ1v) is 18.6. The number of hydrogen-bond donors (Lipinski definition) is 4. The topological polar surface area (TPSA) is 199 Å². The fraction of sp³-hybridized carbons (Fsp3) is 0.650. The van der Waals surface area contributed by atoms with Gasteiger partial charge in [0.05, 0.1) is 14.2 Å². The lowest BCUT2D eigenvalue weighted by Crippen LogP contribution is -2.59. The molecule has 0 aromatic heterocycles. The number of carboxylic acid groups (broad SMARTS) is 1. The van der Waals surface area contributed by atoms with E-state index in [1.165, 1.54) is 20.3 Å². The highest BCUT2D eigenvalue weighted by atomic mass is 16.6. The van der Waals surface area contributed by atoms with Crippen LogP contribution in [0.15, 0.2) is 50.6 Å². The molecule has 2 aliphatic heterocycles. The Balaban J connectivity index is 0.000000877. The van der Waals surface area contributed by atoms with Gasteiger partial charge in [-0.05, 0) is 106 Å². The largest absolute Gasteiger partial charge is 0.480 e. The summed E-state index contributed by atoms with van der Waals surface area (Å²) in [5, 5.41) is 16.8. The highest BCUT2D eigenvalue weighted by molar-refractivity contribution is 5.90. The predicted molar refractivity (Wildman–Crippen MR) is 210 cm³/mol. The minimum absolute atomic E-state index is 0.108. The molecule has 4 N–H and O–H groups in total. The van der Waals surface area contributed by atoms with Gasteiger partial charge in [0.25, 0.3) is 0 Å². The fourth-order valence-electron chi connectivity index (χ4n) is 5.79. The second-order valence-corrected chi connectivity index (χ2v) is 15.1. The Morgan fingerprint density at radius 2 is 1.22 bits per heavy atom. The zero-order chi connectivity index (χ0) is 42.4. The molecule has 0 saturated carbocycles. The van der Waals surface area contributed by atoms with Crippen molar-refractivity contribution in [3.8, 4) is 0 Å². The van der Waals surface area contributed by atoms with Gasteiger partial charge in [-0.1, -0.05) is 24.3 Å². The van der Waals surface area contributed by atoms with E-state index in [1.807, 2.05) is 6.08 Å². The molecule has 2 saturated heterocycles. The van der Waals surface area contributed by atoms with Gasteiger partial charge in [0.2, 0.25) is 5.91 Å². The third kappa shape index (κ3) is 20.6. The monoisotopic (exact) mass is 778 g/mol. The lowest BCUT2D eigenvalue weighted by molar-refractivity contribution is -0.158. The first-order chi connectivity index (χ1) is 25.7. The molecular weight excluding hydrogens is 712 g/mol. The maximum atomic E-state index is 13.3. The number of nitrogens with zero attached hydrogens (tertiary/aromatic N) is 1. The summed E-state index contributed by atoms with van der Waals surface area (Å²) in [7, 11) is 2.74. The number of alkyl carbamates (subject to hydrolysis) is 2. The second-order valence-electron chi connectivity index (χ2n) is 15.1. The summed E-state index contributed by atoms with van der Waals surface area (Å²) in [6, 6.07) is -2.40. The van der Waals surface area contributed by atoms with Crippen LogP contribution >= 0.6 is 0 Å². The van der Waals surface area contributed by atoms with Gasteiger partial charge in [0, 0.05) is 12.1 Å². The van der Waals surface area contributed by atoms with E-state index in [0.717, 1.165) is 38.5 Å². The molecule has 2 aliphatic rings. The van der Waals surface area contributed by atoms with E-state index < -0.39 is 53.5 Å². The number of carbonyl (C=O) groups excluding carboxylic acids is 5. The summed E-state index contributed by atoms with van der Waals surface area (Å²) in [4.78, 5) is 72.3. The number of nitrogens with one attached hydrogen (secondary N) is 3. The second kappa shape index (κ2) is 25.4. The van der Waals surface area contributed by atoms with Crippen LogP contribution in [-0.4, -0.2) is 108 Å². The van der Waals surface area contributed by atoms with Crippen LogP contribution < -0.4 is 16.0 Å². The molecule has 0 bridgehead atoms. The van der Waals surface area contributed by atoms with E-state index in [2.05, 4.69) is 47.0 Å². The number of carboxylic acids is 1. The van der Waals surface area contributed by atoms with Crippen molar-refractivity contribution in [2.45, 2.75) is 153 Å². The average molecular weight is 779 g/mol. The number of likely N-dealkylation sites (tertiary alicyclic amines) is 1. The van der Waals surface area contributed by atoms with Crippen LogP contribution in [0.4, 0.5) is 9.59 Å². The van der Waals surface area contributed by atoms with Gasteiger partial charge in [0.1, 0.15) is 35.4 Å². The fourth-order valence-corrected chi connectivity index (χ4v) is 5.79. The summed E-state index contributed by atoms with van der Waals surface area (Å²) in [6.45, 7) is 24.9. The van der Waals surface area contributed by atoms with Gasteiger partial charge >= 0.3 is 30.1 Å². The lowest BCUT2D eigenvalue weighted by Gasteiger charge is -2.42. The number of ether oxygens (including phenoxy) is 4. The van der Waals surface area contributed by atoms with E-state index in [-0.39, 0.29) is 36.8 Å². The minimum Gasteiger partial charge on any atom is -0.480 e. The predicted octanol–water partition coefficient (Wildman–Crippen LogP) is 5.74. The molecule has 15 nitrogen and oxygen atoms in total. The Kier molecular flexibility index (Phi) is 23.3. The first-order valence-electron chi connectivity index (χ1n) is 18.6. The molecule has 2 heterocycles. The molecule has 0 aromatic rings. The molecule has 2 rings (SSSR count). The maximum Gasteiger partial charge on any atom is 0.408 e. The summed E-state index contributed by atoms with van der Waals surface area (Å²) >= 11 is 0. The van der Waals surface area contributed by atoms with Gasteiger partial charge < -0.3 is 44.9 Å². The smallest absolute Gasteiger partial charge is 0.408 e. The Labute approximate surface area is 327 Å². The highest BCUT2D eigenvalue weighted by Gasteiger charge is 2.41. The molecule has 2 fully saturated rings. The molecule has 0 aliphatic carbocycles. The van der Waals surface area contributed by atoms with Crippen LogP contribution in [0, 0.1) is 0 Å². The maximum absolute atomic E-state index is 13.3. The van der Waals surface area contributed by atoms with Crippen LogP contribution in [0.3, 0.4) is 0 Å². The third-order valence-electron chi connectivity index (χ3n) is 8.11. The quantitative estimate of drug-likeness (QED) is 0.0949. The summed E-state index contributed by atoms with van der Waals surface area (Å²) in [6.07, 6.45) is 12.3. The summed E-state index contributed by atoms with van der Waals surface area (Å²) in [5.74, 6) is -2.05. The molecule has 15 heteroatoms. The highest BCUT2D eigenvalue weighted by Crippen LogP contribution is 2.28. The van der Waals surface area contributed by atoms with Gasteiger partial charge in [-0.25, -0.2) is 19.2 Å². The standard InChI is InChI=1S/C20H32N2O5.C10H17NO4.C10H17NO2/c1-7-10-14-12-9-13-16(18(24)26-6)22(14)17(23)15(11-8-2)21-19(25)27-20(3,4)5;1-5-6-7(8(12)13)11-9(14)15-10(2,3)4;1-3-5-8-6-4-7-9(11-8)10(12)13-2/h7-8,14-16H,1-2,9-13H2,3-6H3,(H,21,25);5,7H,1,6H2,2-4H3,(H,11,14)(H,12,13);3,8-9,11H,1,4-7H2,2H3/t14-,15-,16-;7-;8-,9-/m000/s1. The van der Waals surface area contributed by atoms with Crippen molar-refractivity contribution < 1.29 is 52.8 Å². The molecule has 0 aromatic carbocycles. The van der Waals surface area contributed by atoms with Gasteiger partial charge in [-0.15, -0.1) is 26.3 Å². The van der Waals surface area contributed by atoms with Crippen LogP contribution in [0.25, 0.3) is 0 Å². The van der Waals surface area contributed by atoms with Crippen LogP contribution in [0.5, 0.6) is 0 Å². The molecular formula is C40H66N4O11. The number of amides is 3. The van der Waals surface area contributed by atoms with E-state index in [0.29, 0.717) is 18.9 Å². The first kappa shape index (κ1) is 50.3. The van der Waals surface area contributed by atoms with Crippen LogP contribution in [-0.2, 0) is 38.1 Å². The zero-order valence-electron chi connectivity index (χ0n) is 34.1. The van der Waals surface area contributed by atoms with E-state index in [9.17, 15) is 28.8 Å². The van der Waals surface area contributed by atoms with Gasteiger partial charge in [-0.3, -0.25) is 9.59 Å². The number of carbonyl (C=O) groups is 6. The number of esters is 2. The minimum atomic E-state index is -1.11. The molecule has 6 atom stereocenters. The Morgan fingerprint density at radius 3 is 1.67 bits per heavy atom. The molecule has 55 heavy (non-hydrogen) atoms. The number of aliphatic carboxylic acids is 1. The third-order valence-corrected chi connectivity index (χ3v) is 8.11. The SMILES string of the molecule is C=CC[C@H](NC(=O)OC(C)(C)C)C(=O)O.C=CC[C@H]1CCC[C@@H](C(=O)OC)N1.C=CC[C@H]1CCC[C@@H](C(=O)OC)N1C(=O)[C@H](CC=C)NC(=O)OC(C)(C)C. The van der Waals surface area contributed by atoms with Crippen LogP contribution in [0.2, 0.25) is 0 Å². The summed E-state index contributed by atoms with van der Waals surface area (Å²) in [5.41, 5.74) is -1.32. The van der Waals surface area contributed by atoms with Crippen molar-refractivity contribution in [3.63, 3.8) is 0 Å². The van der Waals surface area contributed by atoms with Crippen molar-refractivity contribution >= 4 is 36.0 Å². The Morgan fingerprint density at radius 1 is 0.727 bits per heavy atom. The zero-order valence-corrected chi connectivity index (χ0v) is 34.1. The van der Waals surface area contributed by atoms with E-state index >= 15 is 0 Å². The molecule has 0 radical (unpaired) electrons. The normalized spacial score (nSPS) is 20.4. The lowest BCUT2D eigenvalue weighted by atomic mass is 9.92. The van der Waals surface area contributed by atoms with E-state index in [1.54, 1.807) is 58.6 Å². The van der Waals surface area contributed by atoms with Crippen molar-refractivity contribution in [3.05, 3.63) is 50.6 Å². The Bertz CT molecular complexity index is 1300. The molecule has 0 unspecified atom stereocenters. The molecule has 3 amide bonds. The number of rotatable bonds is 14. The molecule has 312 valence electrons. The summed E-state index contributed by atoms with van der Waals surface area (Å²) < 4.78 is 19.8. The van der Waals surface area contributed by atoms with Crippen molar-refractivity contribution in [2.24, 2.45) is 0 Å². The van der Waals surface area contributed by atoms with Gasteiger partial charge in [-0.2, -0.15) is 0 Å². The van der Waals surface area contributed by atoms with E-state index in [4.69, 9.17) is 19.3 Å². The van der Waals surface area contributed by atoms with Crippen molar-refractivity contribution in [1.29, 1.82) is 0 Å². The number of hydrogen-bond acceptors (Lipinski definition) is 11. The molecule has 0 spiro atoms. The average Bonchev–Trinajstić information content (AvgIpc) is 3.09. The number of methoxy groups -OCH3 is 2. The Hall–Kier alpha value is -4.66.